The molecule has 1 aliphatic carbocycles. The Morgan fingerprint density at radius 2 is 1.97 bits per heavy atom. The lowest BCUT2D eigenvalue weighted by molar-refractivity contribution is -0.141. The lowest BCUT2D eigenvalue weighted by Gasteiger charge is -2.31. The van der Waals surface area contributed by atoms with Gasteiger partial charge >= 0.3 is 0 Å². The van der Waals surface area contributed by atoms with Crippen molar-refractivity contribution in [2.45, 2.75) is 57.1 Å². The van der Waals surface area contributed by atoms with Crippen molar-refractivity contribution in [2.75, 3.05) is 38.8 Å². The van der Waals surface area contributed by atoms with Gasteiger partial charge in [-0.1, -0.05) is 0 Å². The zero-order valence-corrected chi connectivity index (χ0v) is 20.6. The number of anilines is 1. The molecule has 1 amide bonds. The molecule has 0 bridgehead atoms. The highest BCUT2D eigenvalue weighted by Gasteiger charge is 2.42. The molecule has 2 aromatic heterocycles. The fourth-order valence-corrected chi connectivity index (χ4v) is 5.35. The fourth-order valence-electron chi connectivity index (χ4n) is 5.35. The summed E-state index contributed by atoms with van der Waals surface area (Å²) in [4.78, 5) is 29.9. The fraction of sp³-hybridized carbons (Fsp3) is 0.600. The maximum Gasteiger partial charge on any atom is 0.256 e. The molecule has 3 aliphatic rings. The molecule has 9 nitrogen and oxygen atoms in total. The first-order valence-electron chi connectivity index (χ1n) is 12.4. The van der Waals surface area contributed by atoms with Crippen molar-refractivity contribution in [3.05, 3.63) is 29.8 Å². The van der Waals surface area contributed by atoms with Gasteiger partial charge in [-0.2, -0.15) is 0 Å². The van der Waals surface area contributed by atoms with Gasteiger partial charge in [0, 0.05) is 50.8 Å². The summed E-state index contributed by atoms with van der Waals surface area (Å²) >= 11 is 0. The van der Waals surface area contributed by atoms with Crippen LogP contribution in [-0.4, -0.2) is 71.6 Å². The Labute approximate surface area is 208 Å². The molecule has 0 radical (unpaired) electrons. The Hall–Kier alpha value is -3.24. The number of carbonyl (C=O) groups is 1. The van der Waals surface area contributed by atoms with Gasteiger partial charge in [-0.25, -0.2) is 23.7 Å². The van der Waals surface area contributed by atoms with E-state index in [0.717, 1.165) is 23.5 Å². The zero-order valence-electron chi connectivity index (χ0n) is 20.6. The van der Waals surface area contributed by atoms with Gasteiger partial charge < -0.3 is 24.0 Å². The molecule has 2 fully saturated rings. The van der Waals surface area contributed by atoms with Gasteiger partial charge in [0.05, 0.1) is 50.5 Å². The molecule has 2 aliphatic heterocycles. The van der Waals surface area contributed by atoms with Crippen LogP contribution in [0.3, 0.4) is 0 Å². The number of rotatable bonds is 6. The number of hydrogen-bond donors (Lipinski definition) is 0. The lowest BCUT2D eigenvalue weighted by atomic mass is 9.85. The maximum atomic E-state index is 13.8. The number of methoxy groups -OCH3 is 2. The molecule has 36 heavy (non-hydrogen) atoms. The normalized spacial score (nSPS) is 23.2. The molecule has 0 N–H and O–H groups in total. The van der Waals surface area contributed by atoms with E-state index in [1.807, 2.05) is 6.07 Å². The van der Waals surface area contributed by atoms with E-state index < -0.39 is 11.8 Å². The summed E-state index contributed by atoms with van der Waals surface area (Å²) in [5, 5.41) is 0. The molecule has 1 saturated carbocycles. The minimum atomic E-state index is -2.75. The van der Waals surface area contributed by atoms with E-state index in [0.29, 0.717) is 62.8 Å². The smallest absolute Gasteiger partial charge is 0.256 e. The molecular weight excluding hydrogens is 472 g/mol. The summed E-state index contributed by atoms with van der Waals surface area (Å²) < 4.78 is 44.6. The quantitative estimate of drug-likeness (QED) is 0.594. The van der Waals surface area contributed by atoms with Crippen molar-refractivity contribution in [1.29, 1.82) is 0 Å². The van der Waals surface area contributed by atoms with Crippen molar-refractivity contribution >= 4 is 11.6 Å². The van der Waals surface area contributed by atoms with Crippen molar-refractivity contribution in [3.8, 4) is 17.5 Å². The molecular formula is C25H31F2N5O4. The monoisotopic (exact) mass is 503 g/mol. The van der Waals surface area contributed by atoms with Gasteiger partial charge in [-0.05, 0) is 12.8 Å². The number of alkyl halides is 2. The van der Waals surface area contributed by atoms with Gasteiger partial charge in [0.1, 0.15) is 12.4 Å². The van der Waals surface area contributed by atoms with Crippen molar-refractivity contribution in [2.24, 2.45) is 5.92 Å². The number of ether oxygens (including phenoxy) is 3. The van der Waals surface area contributed by atoms with Crippen LogP contribution in [0.25, 0.3) is 0 Å². The zero-order chi connectivity index (χ0) is 25.3. The summed E-state index contributed by atoms with van der Waals surface area (Å²) in [5.74, 6) is -2.07. The average Bonchev–Trinajstić information content (AvgIpc) is 3.35. The lowest BCUT2D eigenvalue weighted by Crippen LogP contribution is -2.40. The highest BCUT2D eigenvalue weighted by molar-refractivity contribution is 5.79. The number of nitrogens with zero attached hydrogens (tertiary/aromatic N) is 5. The van der Waals surface area contributed by atoms with Crippen molar-refractivity contribution in [3.63, 3.8) is 0 Å². The minimum absolute atomic E-state index is 0.127. The van der Waals surface area contributed by atoms with Crippen LogP contribution in [0.15, 0.2) is 18.6 Å². The molecule has 2 aromatic rings. The number of amides is 1. The molecule has 0 spiro atoms. The highest BCUT2D eigenvalue weighted by Crippen LogP contribution is 2.38. The third-order valence-corrected chi connectivity index (χ3v) is 7.27. The Morgan fingerprint density at radius 3 is 2.75 bits per heavy atom. The molecule has 2 atom stereocenters. The second-order valence-corrected chi connectivity index (χ2v) is 9.64. The van der Waals surface area contributed by atoms with Gasteiger partial charge in [-0.15, -0.1) is 0 Å². The number of fused-ring (bicyclic) bond motifs is 1. The van der Waals surface area contributed by atoms with Gasteiger partial charge in [0.15, 0.2) is 5.75 Å². The summed E-state index contributed by atoms with van der Waals surface area (Å²) in [7, 11) is 3.12. The summed E-state index contributed by atoms with van der Waals surface area (Å²) in [6.45, 7) is 2.17. The van der Waals surface area contributed by atoms with E-state index in [1.165, 1.54) is 6.33 Å². The minimum Gasteiger partial charge on any atom is -0.491 e. The van der Waals surface area contributed by atoms with Crippen LogP contribution in [-0.2, 0) is 17.8 Å². The topological polar surface area (TPSA) is 89.9 Å². The molecule has 5 rings (SSSR count). The number of halogens is 2. The van der Waals surface area contributed by atoms with E-state index >= 15 is 0 Å². The number of hydrogen-bond acceptors (Lipinski definition) is 8. The first-order valence-corrected chi connectivity index (χ1v) is 12.4. The van der Waals surface area contributed by atoms with Crippen molar-refractivity contribution in [1.82, 2.24) is 19.9 Å². The van der Waals surface area contributed by atoms with Crippen LogP contribution in [0.1, 0.15) is 43.4 Å². The summed E-state index contributed by atoms with van der Waals surface area (Å²) in [5.41, 5.74) is 2.71. The molecule has 194 valence electrons. The average molecular weight is 504 g/mol. The number of pyridine rings is 1. The number of carbonyl (C=O) groups excluding carboxylic acids is 1. The second kappa shape index (κ2) is 10.0. The van der Waals surface area contributed by atoms with E-state index in [9.17, 15) is 13.6 Å². The van der Waals surface area contributed by atoms with Gasteiger partial charge in [0.2, 0.25) is 17.7 Å². The standard InChI is InChI=1S/C25H31F2N5O4/c1-34-21-10-17(12-28-23(21)35-2)31-9-6-20-19(14-31)22(30-15-29-20)36-18-5-8-32(13-18)24(33)16-4-3-7-25(26,27)11-16/h10,12,15-16,18H,3-9,11,13-14H2,1-2H3/t16?,18-/m0/s1. The van der Waals surface area contributed by atoms with Crippen LogP contribution in [0, 0.1) is 5.92 Å². The second-order valence-electron chi connectivity index (χ2n) is 9.64. The highest BCUT2D eigenvalue weighted by atomic mass is 19.3. The van der Waals surface area contributed by atoms with Crippen molar-refractivity contribution < 1.29 is 27.8 Å². The van der Waals surface area contributed by atoms with Gasteiger partial charge in [0.25, 0.3) is 5.88 Å². The van der Waals surface area contributed by atoms with E-state index in [1.54, 1.807) is 25.3 Å². The number of aromatic nitrogens is 3. The molecule has 1 unspecified atom stereocenters. The summed E-state index contributed by atoms with van der Waals surface area (Å²) in [6.07, 6.45) is 4.79. The first kappa shape index (κ1) is 24.5. The SMILES string of the molecule is COc1cc(N2CCc3ncnc(O[C@H]4CCN(C(=O)C5CCCC(F)(F)C5)C4)c3C2)cnc1OC. The Kier molecular flexibility index (Phi) is 6.81. The predicted octanol–water partition coefficient (Wildman–Crippen LogP) is 3.26. The molecule has 4 heterocycles. The van der Waals surface area contributed by atoms with Crippen LogP contribution in [0.4, 0.5) is 14.5 Å². The van der Waals surface area contributed by atoms with E-state index in [4.69, 9.17) is 14.2 Å². The van der Waals surface area contributed by atoms with Crippen LogP contribution in [0.2, 0.25) is 0 Å². The Bertz CT molecular complexity index is 1120. The van der Waals surface area contributed by atoms with Crippen LogP contribution >= 0.6 is 0 Å². The molecule has 0 aromatic carbocycles. The largest absolute Gasteiger partial charge is 0.491 e. The first-order chi connectivity index (χ1) is 17.4. The molecule has 11 heteroatoms. The third-order valence-electron chi connectivity index (χ3n) is 7.27. The predicted molar refractivity (Wildman–Crippen MR) is 127 cm³/mol. The molecule has 1 saturated heterocycles. The van der Waals surface area contributed by atoms with Gasteiger partial charge in [-0.3, -0.25) is 4.79 Å². The Balaban J connectivity index is 1.26. The van der Waals surface area contributed by atoms with Crippen LogP contribution < -0.4 is 19.1 Å². The number of likely N-dealkylation sites (tertiary alicyclic amines) is 1. The van der Waals surface area contributed by atoms with E-state index in [2.05, 4.69) is 19.9 Å². The van der Waals surface area contributed by atoms with Crippen LogP contribution in [0.5, 0.6) is 17.5 Å². The summed E-state index contributed by atoms with van der Waals surface area (Å²) in [6, 6.07) is 1.89. The maximum absolute atomic E-state index is 13.8. The van der Waals surface area contributed by atoms with E-state index in [-0.39, 0.29) is 24.9 Å². The third kappa shape index (κ3) is 5.01. The Morgan fingerprint density at radius 1 is 1.11 bits per heavy atom.